The van der Waals surface area contributed by atoms with Gasteiger partial charge in [-0.25, -0.2) is 4.39 Å². The third kappa shape index (κ3) is 6.66. The third-order valence-electron chi connectivity index (χ3n) is 5.21. The second-order valence-electron chi connectivity index (χ2n) is 7.36. The van der Waals surface area contributed by atoms with Crippen LogP contribution in [0.3, 0.4) is 0 Å². The summed E-state index contributed by atoms with van der Waals surface area (Å²) < 4.78 is 52.4. The number of hydrogen-bond acceptors (Lipinski definition) is 3. The zero-order valence-corrected chi connectivity index (χ0v) is 15.8. The number of carboxylic acid groups (broad SMARTS) is 1. The number of unbranched alkanes of at least 4 members (excludes halogenated alkanes) is 3. The van der Waals surface area contributed by atoms with E-state index < -0.39 is 41.5 Å². The molecular weight excluding hydrogens is 392 g/mol. The molecule has 4 nitrogen and oxygen atoms in total. The molecule has 1 aromatic carbocycles. The molecule has 0 amide bonds. The van der Waals surface area contributed by atoms with Crippen molar-refractivity contribution in [2.24, 2.45) is 11.8 Å². The lowest BCUT2D eigenvalue weighted by atomic mass is 9.88. The molecule has 0 spiro atoms. The molecule has 1 fully saturated rings. The molecule has 0 aromatic heterocycles. The van der Waals surface area contributed by atoms with Gasteiger partial charge in [0.05, 0.1) is 11.7 Å². The molecule has 0 saturated heterocycles. The number of rotatable bonds is 9. The molecule has 0 aliphatic heterocycles. The highest BCUT2D eigenvalue weighted by Crippen LogP contribution is 2.35. The SMILES string of the molecule is O=C(O)CCCCCCC1C(=O)CC(O)C1/C=C/c1cc(C(F)(F)F)ccc1F. The average molecular weight is 416 g/mol. The van der Waals surface area contributed by atoms with Gasteiger partial charge in [-0.3, -0.25) is 9.59 Å². The van der Waals surface area contributed by atoms with Crippen molar-refractivity contribution in [3.05, 3.63) is 41.2 Å². The largest absolute Gasteiger partial charge is 0.481 e. The molecule has 1 aromatic rings. The molecule has 0 bridgehead atoms. The van der Waals surface area contributed by atoms with E-state index >= 15 is 0 Å². The first kappa shape index (κ1) is 23.1. The van der Waals surface area contributed by atoms with E-state index in [1.54, 1.807) is 0 Å². The van der Waals surface area contributed by atoms with Crippen LogP contribution in [0, 0.1) is 17.7 Å². The van der Waals surface area contributed by atoms with Gasteiger partial charge in [0, 0.05) is 30.2 Å². The Morgan fingerprint density at radius 1 is 1.17 bits per heavy atom. The van der Waals surface area contributed by atoms with Gasteiger partial charge in [-0.2, -0.15) is 13.2 Å². The summed E-state index contributed by atoms with van der Waals surface area (Å²) in [5.41, 5.74) is -1.22. The Morgan fingerprint density at radius 3 is 2.52 bits per heavy atom. The highest BCUT2D eigenvalue weighted by atomic mass is 19.4. The lowest BCUT2D eigenvalue weighted by molar-refractivity contribution is -0.138. The van der Waals surface area contributed by atoms with Crippen molar-refractivity contribution in [1.82, 2.24) is 0 Å². The number of aliphatic hydroxyl groups is 1. The van der Waals surface area contributed by atoms with E-state index in [1.807, 2.05) is 0 Å². The lowest BCUT2D eigenvalue weighted by Gasteiger charge is -2.17. The number of halogens is 4. The van der Waals surface area contributed by atoms with Gasteiger partial charge in [-0.05, 0) is 31.0 Å². The first-order valence-electron chi connectivity index (χ1n) is 9.57. The Kier molecular flexibility index (Phi) is 7.96. The quantitative estimate of drug-likeness (QED) is 0.446. The fourth-order valence-corrected chi connectivity index (χ4v) is 3.65. The maximum atomic E-state index is 13.9. The van der Waals surface area contributed by atoms with Gasteiger partial charge in [0.1, 0.15) is 11.6 Å². The molecular formula is C21H24F4O4. The van der Waals surface area contributed by atoms with Crippen molar-refractivity contribution in [1.29, 1.82) is 0 Å². The summed E-state index contributed by atoms with van der Waals surface area (Å²) >= 11 is 0. The predicted octanol–water partition coefficient (Wildman–Crippen LogP) is 4.85. The summed E-state index contributed by atoms with van der Waals surface area (Å²) in [6, 6.07) is 2.10. The molecule has 0 heterocycles. The van der Waals surface area contributed by atoms with E-state index in [0.29, 0.717) is 37.8 Å². The zero-order chi connectivity index (χ0) is 21.6. The summed E-state index contributed by atoms with van der Waals surface area (Å²) in [4.78, 5) is 22.7. The molecule has 1 aliphatic rings. The number of alkyl halides is 3. The Morgan fingerprint density at radius 2 is 1.86 bits per heavy atom. The molecule has 2 rings (SSSR count). The number of carbonyl (C=O) groups is 2. The summed E-state index contributed by atoms with van der Waals surface area (Å²) in [5.74, 6) is -2.86. The smallest absolute Gasteiger partial charge is 0.416 e. The van der Waals surface area contributed by atoms with Crippen molar-refractivity contribution in [3.8, 4) is 0 Å². The van der Waals surface area contributed by atoms with Crippen molar-refractivity contribution >= 4 is 17.8 Å². The zero-order valence-electron chi connectivity index (χ0n) is 15.8. The van der Waals surface area contributed by atoms with Gasteiger partial charge in [0.25, 0.3) is 0 Å². The number of Topliss-reactive ketones (excluding diaryl/α,β-unsaturated/α-hetero) is 1. The first-order valence-corrected chi connectivity index (χ1v) is 9.57. The molecule has 1 aliphatic carbocycles. The highest BCUT2D eigenvalue weighted by Gasteiger charge is 2.39. The average Bonchev–Trinajstić information content (AvgIpc) is 2.89. The summed E-state index contributed by atoms with van der Waals surface area (Å²) in [6.45, 7) is 0. The predicted molar refractivity (Wildman–Crippen MR) is 98.4 cm³/mol. The Labute approximate surface area is 166 Å². The number of aliphatic hydroxyl groups excluding tert-OH is 1. The van der Waals surface area contributed by atoms with Crippen LogP contribution in [0.4, 0.5) is 17.6 Å². The van der Waals surface area contributed by atoms with E-state index in [4.69, 9.17) is 5.11 Å². The highest BCUT2D eigenvalue weighted by molar-refractivity contribution is 5.85. The summed E-state index contributed by atoms with van der Waals surface area (Å²) in [7, 11) is 0. The minimum Gasteiger partial charge on any atom is -0.481 e. The van der Waals surface area contributed by atoms with Crippen molar-refractivity contribution < 1.29 is 37.4 Å². The van der Waals surface area contributed by atoms with Crippen LogP contribution in [-0.4, -0.2) is 28.1 Å². The van der Waals surface area contributed by atoms with E-state index in [-0.39, 0.29) is 24.2 Å². The maximum Gasteiger partial charge on any atom is 0.416 e. The maximum absolute atomic E-state index is 13.9. The van der Waals surface area contributed by atoms with E-state index in [1.165, 1.54) is 12.2 Å². The fourth-order valence-electron chi connectivity index (χ4n) is 3.65. The molecule has 3 unspecified atom stereocenters. The molecule has 160 valence electrons. The van der Waals surface area contributed by atoms with E-state index in [9.17, 15) is 32.3 Å². The fraction of sp³-hybridized carbons (Fsp3) is 0.524. The topological polar surface area (TPSA) is 74.6 Å². The van der Waals surface area contributed by atoms with Crippen molar-refractivity contribution in [2.45, 2.75) is 57.2 Å². The lowest BCUT2D eigenvalue weighted by Crippen LogP contribution is -2.18. The van der Waals surface area contributed by atoms with Crippen LogP contribution in [0.2, 0.25) is 0 Å². The van der Waals surface area contributed by atoms with Gasteiger partial charge < -0.3 is 10.2 Å². The Balaban J connectivity index is 2.02. The van der Waals surface area contributed by atoms with Crippen molar-refractivity contribution in [2.75, 3.05) is 0 Å². The molecule has 8 heteroatoms. The van der Waals surface area contributed by atoms with E-state index in [2.05, 4.69) is 0 Å². The Bertz CT molecular complexity index is 758. The number of benzene rings is 1. The monoisotopic (exact) mass is 416 g/mol. The molecule has 1 saturated carbocycles. The number of carbonyl (C=O) groups excluding carboxylic acids is 1. The van der Waals surface area contributed by atoms with Crippen LogP contribution in [0.5, 0.6) is 0 Å². The van der Waals surface area contributed by atoms with Gasteiger partial charge in [0.2, 0.25) is 0 Å². The van der Waals surface area contributed by atoms with Crippen LogP contribution < -0.4 is 0 Å². The van der Waals surface area contributed by atoms with Gasteiger partial charge in [0.15, 0.2) is 0 Å². The van der Waals surface area contributed by atoms with Gasteiger partial charge in [-0.15, -0.1) is 0 Å². The molecule has 2 N–H and O–H groups in total. The van der Waals surface area contributed by atoms with Crippen LogP contribution >= 0.6 is 0 Å². The third-order valence-corrected chi connectivity index (χ3v) is 5.21. The van der Waals surface area contributed by atoms with Crippen molar-refractivity contribution in [3.63, 3.8) is 0 Å². The van der Waals surface area contributed by atoms with Crippen LogP contribution in [-0.2, 0) is 15.8 Å². The second-order valence-corrected chi connectivity index (χ2v) is 7.36. The van der Waals surface area contributed by atoms with Crippen LogP contribution in [0.15, 0.2) is 24.3 Å². The minimum absolute atomic E-state index is 0.0379. The van der Waals surface area contributed by atoms with Crippen LogP contribution in [0.25, 0.3) is 6.08 Å². The number of carboxylic acids is 1. The summed E-state index contributed by atoms with van der Waals surface area (Å²) in [6.07, 6.45) is 0.284. The molecule has 0 radical (unpaired) electrons. The van der Waals surface area contributed by atoms with E-state index in [0.717, 1.165) is 12.5 Å². The van der Waals surface area contributed by atoms with Gasteiger partial charge >= 0.3 is 12.1 Å². The molecule has 29 heavy (non-hydrogen) atoms. The standard InChI is InChI=1S/C21H24F4O4/c22-17-10-8-14(21(23,24)25)11-13(17)7-9-16-15(18(26)12-19(16)27)5-3-1-2-4-6-20(28)29/h7-11,15-16,19,27H,1-6,12H2,(H,28,29)/b9-7+. The van der Waals surface area contributed by atoms with Gasteiger partial charge in [-0.1, -0.05) is 31.4 Å². The minimum atomic E-state index is -4.59. The normalized spacial score (nSPS) is 22.5. The van der Waals surface area contributed by atoms with Crippen LogP contribution in [0.1, 0.15) is 56.1 Å². The first-order chi connectivity index (χ1) is 13.6. The number of aliphatic carboxylic acids is 1. The second kappa shape index (κ2) is 10.0. The Hall–Kier alpha value is -2.22. The molecule has 3 atom stereocenters. The number of ketones is 1. The number of hydrogen-bond donors (Lipinski definition) is 2. The summed E-state index contributed by atoms with van der Waals surface area (Å²) in [5, 5.41) is 18.8.